The second kappa shape index (κ2) is 5.74. The Hall–Kier alpha value is -0.700. The lowest BCUT2D eigenvalue weighted by atomic mass is 9.71. The Morgan fingerprint density at radius 3 is 2.58 bits per heavy atom. The van der Waals surface area contributed by atoms with E-state index < -0.39 is 0 Å². The summed E-state index contributed by atoms with van der Waals surface area (Å²) in [6, 6.07) is 4.54. The molecule has 0 spiro atoms. The molecule has 1 aliphatic rings. The van der Waals surface area contributed by atoms with Crippen molar-refractivity contribution >= 4 is 21.7 Å². The van der Waals surface area contributed by atoms with Crippen molar-refractivity contribution in [3.8, 4) is 0 Å². The van der Waals surface area contributed by atoms with Gasteiger partial charge in [-0.05, 0) is 48.8 Å². The summed E-state index contributed by atoms with van der Waals surface area (Å²) in [5.74, 6) is 0.204. The normalized spacial score (nSPS) is 19.4. The summed E-state index contributed by atoms with van der Waals surface area (Å²) in [6.07, 6.45) is 4.63. The SMILES string of the molecule is CC1(C)CCC(C(=O)Cc2ccc(F)cc2Br)CC1. The zero-order valence-corrected chi connectivity index (χ0v) is 13.1. The Labute approximate surface area is 122 Å². The maximum atomic E-state index is 13.0. The summed E-state index contributed by atoms with van der Waals surface area (Å²) in [4.78, 5) is 12.3. The average molecular weight is 327 g/mol. The van der Waals surface area contributed by atoms with E-state index in [1.165, 1.54) is 12.1 Å². The van der Waals surface area contributed by atoms with Crippen LogP contribution in [0.2, 0.25) is 0 Å². The first-order chi connectivity index (χ1) is 8.87. The van der Waals surface area contributed by atoms with Crippen LogP contribution in [0.3, 0.4) is 0 Å². The molecule has 104 valence electrons. The molecule has 0 amide bonds. The van der Waals surface area contributed by atoms with E-state index in [2.05, 4.69) is 29.8 Å². The number of carbonyl (C=O) groups excluding carboxylic acids is 1. The van der Waals surface area contributed by atoms with Crippen LogP contribution < -0.4 is 0 Å². The number of rotatable bonds is 3. The molecule has 1 fully saturated rings. The van der Waals surface area contributed by atoms with Gasteiger partial charge in [-0.1, -0.05) is 35.8 Å². The third kappa shape index (κ3) is 3.88. The van der Waals surface area contributed by atoms with Gasteiger partial charge in [0.05, 0.1) is 0 Å². The van der Waals surface area contributed by atoms with Gasteiger partial charge in [-0.25, -0.2) is 4.39 Å². The van der Waals surface area contributed by atoms with E-state index in [-0.39, 0.29) is 11.7 Å². The molecule has 0 heterocycles. The number of Topliss-reactive ketones (excluding diaryl/α,β-unsaturated/α-hetero) is 1. The first-order valence-corrected chi connectivity index (χ1v) is 7.63. The minimum absolute atomic E-state index is 0.185. The van der Waals surface area contributed by atoms with Crippen LogP contribution in [0, 0.1) is 17.2 Å². The van der Waals surface area contributed by atoms with E-state index in [0.717, 1.165) is 31.2 Å². The van der Waals surface area contributed by atoms with E-state index in [1.807, 2.05) is 0 Å². The van der Waals surface area contributed by atoms with Gasteiger partial charge in [0.25, 0.3) is 0 Å². The molecule has 0 unspecified atom stereocenters. The number of ketones is 1. The summed E-state index contributed by atoms with van der Waals surface area (Å²) < 4.78 is 13.7. The number of hydrogen-bond donors (Lipinski definition) is 0. The molecule has 19 heavy (non-hydrogen) atoms. The fourth-order valence-electron chi connectivity index (χ4n) is 2.72. The van der Waals surface area contributed by atoms with Crippen LogP contribution in [-0.2, 0) is 11.2 Å². The van der Waals surface area contributed by atoms with Crippen molar-refractivity contribution in [2.24, 2.45) is 11.3 Å². The van der Waals surface area contributed by atoms with Crippen molar-refractivity contribution in [3.05, 3.63) is 34.1 Å². The predicted octanol–water partition coefficient (Wildman–Crippen LogP) is 4.92. The molecule has 1 saturated carbocycles. The van der Waals surface area contributed by atoms with Gasteiger partial charge in [0.15, 0.2) is 0 Å². The lowest BCUT2D eigenvalue weighted by Gasteiger charge is -2.33. The molecule has 1 aromatic rings. The van der Waals surface area contributed by atoms with Crippen LogP contribution in [0.15, 0.2) is 22.7 Å². The van der Waals surface area contributed by atoms with E-state index in [0.29, 0.717) is 22.1 Å². The second-order valence-corrected chi connectivity index (χ2v) is 7.17. The maximum Gasteiger partial charge on any atom is 0.140 e. The summed E-state index contributed by atoms with van der Waals surface area (Å²) in [5, 5.41) is 0. The highest BCUT2D eigenvalue weighted by Gasteiger charge is 2.30. The topological polar surface area (TPSA) is 17.1 Å². The molecule has 0 radical (unpaired) electrons. The highest BCUT2D eigenvalue weighted by Crippen LogP contribution is 2.38. The van der Waals surface area contributed by atoms with Gasteiger partial charge >= 0.3 is 0 Å². The molecule has 0 aromatic heterocycles. The van der Waals surface area contributed by atoms with Crippen LogP contribution in [-0.4, -0.2) is 5.78 Å². The van der Waals surface area contributed by atoms with Crippen LogP contribution in [0.5, 0.6) is 0 Å². The molecule has 1 aliphatic carbocycles. The molecule has 0 saturated heterocycles. The van der Waals surface area contributed by atoms with Crippen molar-refractivity contribution in [2.45, 2.75) is 46.0 Å². The summed E-state index contributed by atoms with van der Waals surface area (Å²) in [6.45, 7) is 4.54. The Bertz CT molecular complexity index is 472. The molecule has 0 atom stereocenters. The highest BCUT2D eigenvalue weighted by molar-refractivity contribution is 9.10. The fourth-order valence-corrected chi connectivity index (χ4v) is 3.21. The molecular weight excluding hydrogens is 307 g/mol. The van der Waals surface area contributed by atoms with Crippen LogP contribution >= 0.6 is 15.9 Å². The molecule has 0 aliphatic heterocycles. The average Bonchev–Trinajstić information content (AvgIpc) is 2.32. The number of halogens is 2. The number of carbonyl (C=O) groups is 1. The van der Waals surface area contributed by atoms with Gasteiger partial charge in [0, 0.05) is 16.8 Å². The second-order valence-electron chi connectivity index (χ2n) is 6.32. The van der Waals surface area contributed by atoms with Crippen LogP contribution in [0.25, 0.3) is 0 Å². The smallest absolute Gasteiger partial charge is 0.140 e. The standard InChI is InChI=1S/C16H20BrFO/c1-16(2)7-5-11(6-8-16)15(19)9-12-3-4-13(18)10-14(12)17/h3-4,10-11H,5-9H2,1-2H3. The van der Waals surface area contributed by atoms with Crippen LogP contribution in [0.4, 0.5) is 4.39 Å². The van der Waals surface area contributed by atoms with E-state index in [9.17, 15) is 9.18 Å². The fraction of sp³-hybridized carbons (Fsp3) is 0.562. The molecular formula is C16H20BrFO. The third-order valence-electron chi connectivity index (χ3n) is 4.17. The molecule has 0 N–H and O–H groups in total. The zero-order valence-electron chi connectivity index (χ0n) is 11.5. The van der Waals surface area contributed by atoms with E-state index in [4.69, 9.17) is 0 Å². The zero-order chi connectivity index (χ0) is 14.0. The maximum absolute atomic E-state index is 13.0. The predicted molar refractivity (Wildman–Crippen MR) is 78.6 cm³/mol. The third-order valence-corrected chi connectivity index (χ3v) is 4.91. The summed E-state index contributed by atoms with van der Waals surface area (Å²) >= 11 is 3.33. The van der Waals surface area contributed by atoms with Crippen molar-refractivity contribution in [1.29, 1.82) is 0 Å². The number of hydrogen-bond acceptors (Lipinski definition) is 1. The number of benzene rings is 1. The Morgan fingerprint density at radius 1 is 1.37 bits per heavy atom. The van der Waals surface area contributed by atoms with Gasteiger partial charge in [-0.3, -0.25) is 4.79 Å². The minimum Gasteiger partial charge on any atom is -0.299 e. The monoisotopic (exact) mass is 326 g/mol. The highest BCUT2D eigenvalue weighted by atomic mass is 79.9. The van der Waals surface area contributed by atoms with Gasteiger partial charge in [-0.15, -0.1) is 0 Å². The largest absolute Gasteiger partial charge is 0.299 e. The van der Waals surface area contributed by atoms with Gasteiger partial charge in [-0.2, -0.15) is 0 Å². The first kappa shape index (κ1) is 14.7. The van der Waals surface area contributed by atoms with Crippen molar-refractivity contribution in [1.82, 2.24) is 0 Å². The molecule has 3 heteroatoms. The Balaban J connectivity index is 1.98. The van der Waals surface area contributed by atoms with Crippen molar-refractivity contribution in [3.63, 3.8) is 0 Å². The minimum atomic E-state index is -0.275. The molecule has 2 rings (SSSR count). The lowest BCUT2D eigenvalue weighted by Crippen LogP contribution is -2.27. The lowest BCUT2D eigenvalue weighted by molar-refractivity contribution is -0.123. The Kier molecular flexibility index (Phi) is 4.44. The molecule has 1 nitrogen and oxygen atoms in total. The Morgan fingerprint density at radius 2 is 2.00 bits per heavy atom. The summed E-state index contributed by atoms with van der Waals surface area (Å²) in [7, 11) is 0. The first-order valence-electron chi connectivity index (χ1n) is 6.84. The van der Waals surface area contributed by atoms with Gasteiger partial charge in [0.1, 0.15) is 11.6 Å². The van der Waals surface area contributed by atoms with Gasteiger partial charge in [0.2, 0.25) is 0 Å². The van der Waals surface area contributed by atoms with Crippen molar-refractivity contribution < 1.29 is 9.18 Å². The van der Waals surface area contributed by atoms with E-state index >= 15 is 0 Å². The van der Waals surface area contributed by atoms with E-state index in [1.54, 1.807) is 6.07 Å². The quantitative estimate of drug-likeness (QED) is 0.770. The van der Waals surface area contributed by atoms with Crippen molar-refractivity contribution in [2.75, 3.05) is 0 Å². The molecule has 0 bridgehead atoms. The van der Waals surface area contributed by atoms with Gasteiger partial charge < -0.3 is 0 Å². The summed E-state index contributed by atoms with van der Waals surface area (Å²) in [5.41, 5.74) is 1.27. The molecule has 1 aromatic carbocycles. The van der Waals surface area contributed by atoms with Crippen LogP contribution in [0.1, 0.15) is 45.1 Å².